The quantitative estimate of drug-likeness (QED) is 0.176. The summed E-state index contributed by atoms with van der Waals surface area (Å²) >= 11 is 5.37. The molecule has 0 aliphatic heterocycles. The summed E-state index contributed by atoms with van der Waals surface area (Å²) in [7, 11) is 0. The van der Waals surface area contributed by atoms with Crippen LogP contribution in [0.15, 0.2) is 212 Å². The van der Waals surface area contributed by atoms with Gasteiger partial charge in [-0.05, 0) is 42.0 Å². The molecule has 0 N–H and O–H groups in total. The van der Waals surface area contributed by atoms with Crippen molar-refractivity contribution in [3.63, 3.8) is 0 Å². The Labute approximate surface area is 445 Å². The van der Waals surface area contributed by atoms with Gasteiger partial charge in [-0.2, -0.15) is 10.5 Å². The molecule has 76 heavy (non-hydrogen) atoms. The molecule has 0 saturated heterocycles. The zero-order valence-corrected chi connectivity index (χ0v) is 42.6. The molecule has 0 fully saturated rings. The fourth-order valence-electron chi connectivity index (χ4n) is 12.9. The number of hydrogen-bond donors (Lipinski definition) is 0. The topological polar surface area (TPSA) is 62.4 Å². The minimum Gasteiger partial charge on any atom is -0.306 e. The van der Waals surface area contributed by atoms with Crippen LogP contribution in [0.2, 0.25) is 0 Å². The Hall–Kier alpha value is -9.54. The normalized spacial score (nSPS) is 12.2. The first-order valence-corrected chi connectivity index (χ1v) is 27.7. The molecule has 0 bridgehead atoms. The van der Waals surface area contributed by atoms with Crippen molar-refractivity contribution < 1.29 is 0 Å². The van der Waals surface area contributed by atoms with E-state index in [4.69, 9.17) is 0 Å². The Balaban J connectivity index is 1.20. The van der Waals surface area contributed by atoms with Crippen molar-refractivity contribution >= 4 is 160 Å². The highest BCUT2D eigenvalue weighted by molar-refractivity contribution is 7.27. The van der Waals surface area contributed by atoms with E-state index in [-0.39, 0.29) is 0 Å². The average molecular weight is 1020 g/mol. The zero-order chi connectivity index (χ0) is 49.9. The Morgan fingerprint density at radius 3 is 1.00 bits per heavy atom. The van der Waals surface area contributed by atoms with E-state index in [0.717, 1.165) is 107 Å². The monoisotopic (exact) mass is 1020 g/mol. The van der Waals surface area contributed by atoms with Crippen molar-refractivity contribution in [2.45, 2.75) is 0 Å². The third-order valence-electron chi connectivity index (χ3n) is 15.9. The predicted molar refractivity (Wildman–Crippen MR) is 323 cm³/mol. The van der Waals surface area contributed by atoms with E-state index in [9.17, 15) is 10.5 Å². The number of rotatable bonds is 4. The first kappa shape index (κ1) is 41.9. The predicted octanol–water partition coefficient (Wildman–Crippen LogP) is 19.5. The summed E-state index contributed by atoms with van der Waals surface area (Å²) in [5, 5.41) is 38.4. The summed E-state index contributed by atoms with van der Waals surface area (Å²) in [6.45, 7) is 0. The molecule has 17 rings (SSSR count). The minimum atomic E-state index is 0.303. The number of fused-ring (bicyclic) bond motifs is 21. The van der Waals surface area contributed by atoms with Crippen molar-refractivity contribution in [3.8, 4) is 40.3 Å². The van der Waals surface area contributed by atoms with Crippen molar-refractivity contribution in [2.24, 2.45) is 0 Å². The van der Waals surface area contributed by atoms with Crippen LogP contribution in [0.3, 0.4) is 0 Å². The molecular formula is C68H35N5S3. The number of benzene rings is 11. The molecule has 0 atom stereocenters. The van der Waals surface area contributed by atoms with Gasteiger partial charge < -0.3 is 13.7 Å². The lowest BCUT2D eigenvalue weighted by Crippen LogP contribution is -2.14. The SMILES string of the molecule is N#Cc1c(C#N)c(-n2c3ccccc3c3ccc4c5ccccc5sc4c32)c(-n2c3ccccc3c3ccc4c5ccccc5sc4c32)c(-c2ccccc2)c1-n1c2ccccc2c2ccc3c4ccccc4sc3c21. The molecule has 6 heterocycles. The van der Waals surface area contributed by atoms with E-state index in [1.807, 2.05) is 11.3 Å². The maximum absolute atomic E-state index is 12.5. The van der Waals surface area contributed by atoms with Gasteiger partial charge >= 0.3 is 0 Å². The molecule has 5 nitrogen and oxygen atoms in total. The molecule has 0 saturated carbocycles. The molecule has 0 radical (unpaired) electrons. The van der Waals surface area contributed by atoms with Crippen LogP contribution in [0.4, 0.5) is 0 Å². The Morgan fingerprint density at radius 2 is 0.592 bits per heavy atom. The fraction of sp³-hybridized carbons (Fsp3) is 0. The van der Waals surface area contributed by atoms with E-state index in [2.05, 4.69) is 238 Å². The van der Waals surface area contributed by atoms with Gasteiger partial charge in [0.1, 0.15) is 12.1 Å². The van der Waals surface area contributed by atoms with Crippen LogP contribution in [0.5, 0.6) is 0 Å². The summed E-state index contributed by atoms with van der Waals surface area (Å²) in [6, 6.07) is 81.7. The third kappa shape index (κ3) is 5.39. The van der Waals surface area contributed by atoms with Crippen LogP contribution < -0.4 is 0 Å². The molecule has 0 unspecified atom stereocenters. The molecule has 350 valence electrons. The molecule has 11 aromatic carbocycles. The minimum absolute atomic E-state index is 0.303. The Morgan fingerprint density at radius 1 is 0.276 bits per heavy atom. The fourth-order valence-corrected chi connectivity index (χ4v) is 16.6. The molecule has 17 aromatic rings. The lowest BCUT2D eigenvalue weighted by Gasteiger charge is -2.27. The van der Waals surface area contributed by atoms with Crippen LogP contribution in [0.1, 0.15) is 11.1 Å². The van der Waals surface area contributed by atoms with Crippen molar-refractivity contribution in [1.82, 2.24) is 13.7 Å². The van der Waals surface area contributed by atoms with Gasteiger partial charge in [0.2, 0.25) is 0 Å². The average Bonchev–Trinajstić information content (AvgIpc) is 4.48. The van der Waals surface area contributed by atoms with E-state index >= 15 is 0 Å². The second-order valence-electron chi connectivity index (χ2n) is 19.6. The van der Waals surface area contributed by atoms with Crippen LogP contribution in [-0.2, 0) is 0 Å². The van der Waals surface area contributed by atoms with Crippen LogP contribution >= 0.6 is 34.0 Å². The highest BCUT2D eigenvalue weighted by atomic mass is 32.1. The number of hydrogen-bond acceptors (Lipinski definition) is 5. The van der Waals surface area contributed by atoms with E-state index in [1.54, 1.807) is 22.7 Å². The number of para-hydroxylation sites is 3. The molecule has 0 aliphatic rings. The molecular weight excluding hydrogens is 983 g/mol. The first-order chi connectivity index (χ1) is 37.7. The molecule has 0 amide bonds. The summed E-state index contributed by atoms with van der Waals surface area (Å²) in [6.07, 6.45) is 0. The first-order valence-electron chi connectivity index (χ1n) is 25.3. The van der Waals surface area contributed by atoms with Crippen LogP contribution in [0.25, 0.3) is 154 Å². The second-order valence-corrected chi connectivity index (χ2v) is 22.8. The van der Waals surface area contributed by atoms with Crippen molar-refractivity contribution in [1.29, 1.82) is 10.5 Å². The third-order valence-corrected chi connectivity index (χ3v) is 19.5. The van der Waals surface area contributed by atoms with Gasteiger partial charge in [-0.25, -0.2) is 0 Å². The Bertz CT molecular complexity index is 5510. The maximum atomic E-state index is 12.5. The number of nitriles is 2. The Kier molecular flexibility index (Phi) is 8.54. The standard InChI is InChI=1S/C68H35N5S3/c69-36-51-52(37-70)61(72-54-25-11-5-19-40(54)46-31-34-49-43-22-8-14-28-57(43)75-67(49)63(46)72)65(73-55-26-12-6-20-41(55)47-32-35-50-44-23-9-15-29-58(44)76-68(50)64(47)73)59(38-16-2-1-3-17-38)60(51)71-53-24-10-4-18-39(53)45-30-33-48-42-21-7-13-27-56(42)74-66(48)62(45)71/h1-35H. The highest BCUT2D eigenvalue weighted by Crippen LogP contribution is 2.53. The van der Waals surface area contributed by atoms with Gasteiger partial charge in [-0.3, -0.25) is 0 Å². The zero-order valence-electron chi connectivity index (χ0n) is 40.2. The second kappa shape index (κ2) is 15.5. The summed E-state index contributed by atoms with van der Waals surface area (Å²) in [4.78, 5) is 0. The number of aromatic nitrogens is 3. The largest absolute Gasteiger partial charge is 0.306 e. The van der Waals surface area contributed by atoms with Crippen LogP contribution in [-0.4, -0.2) is 13.7 Å². The highest BCUT2D eigenvalue weighted by Gasteiger charge is 2.35. The van der Waals surface area contributed by atoms with E-state index in [0.29, 0.717) is 22.5 Å². The smallest absolute Gasteiger partial charge is 0.103 e. The molecule has 6 aromatic heterocycles. The summed E-state index contributed by atoms with van der Waals surface area (Å²) in [5.41, 5.74) is 10.5. The summed E-state index contributed by atoms with van der Waals surface area (Å²) in [5.74, 6) is 0. The van der Waals surface area contributed by atoms with E-state index in [1.165, 1.54) is 35.6 Å². The molecule has 0 aliphatic carbocycles. The van der Waals surface area contributed by atoms with Gasteiger partial charge in [0, 0.05) is 84.3 Å². The van der Waals surface area contributed by atoms with E-state index < -0.39 is 0 Å². The van der Waals surface area contributed by atoms with Crippen LogP contribution in [0, 0.1) is 22.7 Å². The van der Waals surface area contributed by atoms with Gasteiger partial charge in [-0.15, -0.1) is 34.0 Å². The maximum Gasteiger partial charge on any atom is 0.103 e. The number of thiophene rings is 3. The van der Waals surface area contributed by atoms with Gasteiger partial charge in [0.05, 0.1) is 75.4 Å². The number of nitrogens with zero attached hydrogens (tertiary/aromatic N) is 5. The lowest BCUT2D eigenvalue weighted by molar-refractivity contribution is 1.07. The van der Waals surface area contributed by atoms with Crippen molar-refractivity contribution in [3.05, 3.63) is 223 Å². The van der Waals surface area contributed by atoms with Gasteiger partial charge in [0.25, 0.3) is 0 Å². The van der Waals surface area contributed by atoms with Crippen molar-refractivity contribution in [2.75, 3.05) is 0 Å². The lowest BCUT2D eigenvalue weighted by atomic mass is 9.91. The molecule has 8 heteroatoms. The molecule has 0 spiro atoms. The van der Waals surface area contributed by atoms with Gasteiger partial charge in [-0.1, -0.05) is 176 Å². The summed E-state index contributed by atoms with van der Waals surface area (Å²) < 4.78 is 14.2. The van der Waals surface area contributed by atoms with Gasteiger partial charge in [0.15, 0.2) is 0 Å².